The van der Waals surface area contributed by atoms with E-state index >= 15 is 0 Å². The molecule has 2 fully saturated rings. The number of rotatable bonds is 6. The number of hydrogen-bond acceptors (Lipinski definition) is 7. The van der Waals surface area contributed by atoms with Crippen LogP contribution in [-0.2, 0) is 25.6 Å². The number of fused-ring (bicyclic) bond motifs is 2. The number of oxazole rings is 1. The van der Waals surface area contributed by atoms with Crippen molar-refractivity contribution in [3.8, 4) is 11.5 Å². The van der Waals surface area contributed by atoms with Crippen LogP contribution in [0.1, 0.15) is 32.8 Å². The monoisotopic (exact) mass is 582 g/mol. The number of nitrogens with one attached hydrogen (secondary N) is 1. The van der Waals surface area contributed by atoms with Gasteiger partial charge >= 0.3 is 6.09 Å². The summed E-state index contributed by atoms with van der Waals surface area (Å²) in [5, 5.41) is 2.87. The van der Waals surface area contributed by atoms with Crippen LogP contribution in [0.3, 0.4) is 0 Å². The first kappa shape index (κ1) is 28.4. The molecular formula is C33H34N4O6. The average Bonchev–Trinajstić information content (AvgIpc) is 3.60. The minimum atomic E-state index is -0.984. The number of benzene rings is 3. The molecular weight excluding hydrogens is 548 g/mol. The van der Waals surface area contributed by atoms with Gasteiger partial charge in [-0.3, -0.25) is 9.59 Å². The fraction of sp³-hybridized carbons (Fsp3) is 0.333. The summed E-state index contributed by atoms with van der Waals surface area (Å²) in [6.07, 6.45) is -2.04. The lowest BCUT2D eigenvalue weighted by Gasteiger charge is -2.40. The summed E-state index contributed by atoms with van der Waals surface area (Å²) in [5.74, 6) is -0.143. The number of nitrogens with zero attached hydrogens (tertiary/aromatic N) is 3. The van der Waals surface area contributed by atoms with Crippen LogP contribution in [0.2, 0.25) is 0 Å². The van der Waals surface area contributed by atoms with Gasteiger partial charge in [0.05, 0.1) is 25.1 Å². The largest absolute Gasteiger partial charge is 0.444 e. The third-order valence-corrected chi connectivity index (χ3v) is 7.46. The van der Waals surface area contributed by atoms with Crippen LogP contribution in [0, 0.1) is 0 Å². The van der Waals surface area contributed by atoms with E-state index in [-0.39, 0.29) is 30.8 Å². The molecule has 3 amide bonds. The van der Waals surface area contributed by atoms with Crippen LogP contribution in [0.25, 0.3) is 22.6 Å². The number of amides is 3. The van der Waals surface area contributed by atoms with Gasteiger partial charge in [-0.05, 0) is 62.7 Å². The summed E-state index contributed by atoms with van der Waals surface area (Å²) in [6.45, 7) is 6.36. The van der Waals surface area contributed by atoms with Gasteiger partial charge in [-0.15, -0.1) is 0 Å². The van der Waals surface area contributed by atoms with E-state index in [4.69, 9.17) is 13.9 Å². The Morgan fingerprint density at radius 1 is 0.977 bits per heavy atom. The number of carbonyl (C=O) groups excluding carboxylic acids is 3. The van der Waals surface area contributed by atoms with E-state index in [1.54, 1.807) is 21.9 Å². The molecule has 4 aromatic rings. The second kappa shape index (κ2) is 11.5. The molecule has 3 atom stereocenters. The first-order chi connectivity index (χ1) is 20.6. The highest BCUT2D eigenvalue weighted by atomic mass is 16.6. The van der Waals surface area contributed by atoms with E-state index in [1.807, 2.05) is 87.5 Å². The molecule has 2 aliphatic heterocycles. The van der Waals surface area contributed by atoms with Crippen molar-refractivity contribution >= 4 is 34.7 Å². The zero-order valence-electron chi connectivity index (χ0n) is 24.4. The normalized spacial score (nSPS) is 20.3. The second-order valence-corrected chi connectivity index (χ2v) is 11.9. The number of morpholine rings is 1. The molecule has 10 heteroatoms. The maximum Gasteiger partial charge on any atom is 0.410 e. The Morgan fingerprint density at radius 3 is 2.42 bits per heavy atom. The van der Waals surface area contributed by atoms with Crippen LogP contribution in [0.4, 0.5) is 10.5 Å². The predicted molar refractivity (Wildman–Crippen MR) is 160 cm³/mol. The minimum Gasteiger partial charge on any atom is -0.444 e. The first-order valence-corrected chi connectivity index (χ1v) is 14.4. The molecule has 0 bridgehead atoms. The summed E-state index contributed by atoms with van der Waals surface area (Å²) < 4.78 is 17.6. The Balaban J connectivity index is 1.14. The fourth-order valence-electron chi connectivity index (χ4n) is 5.47. The molecule has 0 saturated carbocycles. The third-order valence-electron chi connectivity index (χ3n) is 7.46. The molecule has 3 unspecified atom stereocenters. The maximum absolute atomic E-state index is 13.7. The van der Waals surface area contributed by atoms with E-state index in [0.29, 0.717) is 30.3 Å². The molecule has 2 saturated heterocycles. The van der Waals surface area contributed by atoms with Gasteiger partial charge in [-0.2, -0.15) is 0 Å². The van der Waals surface area contributed by atoms with Crippen LogP contribution in [-0.4, -0.2) is 69.6 Å². The van der Waals surface area contributed by atoms with Gasteiger partial charge in [-0.25, -0.2) is 9.78 Å². The molecule has 2 aliphatic rings. The number of hydrogen-bond donors (Lipinski definition) is 1. The summed E-state index contributed by atoms with van der Waals surface area (Å²) in [4.78, 5) is 47.5. The van der Waals surface area contributed by atoms with E-state index in [1.165, 1.54) is 0 Å². The molecule has 1 aromatic heterocycles. The highest BCUT2D eigenvalue weighted by Crippen LogP contribution is 2.31. The summed E-state index contributed by atoms with van der Waals surface area (Å²) in [5.41, 5.74) is 3.13. The average molecular weight is 583 g/mol. The Kier molecular flexibility index (Phi) is 7.62. The van der Waals surface area contributed by atoms with Crippen LogP contribution >= 0.6 is 0 Å². The molecule has 43 heavy (non-hydrogen) atoms. The molecule has 3 aromatic carbocycles. The van der Waals surface area contributed by atoms with Crippen molar-refractivity contribution in [2.24, 2.45) is 0 Å². The van der Waals surface area contributed by atoms with Gasteiger partial charge in [0.15, 0.2) is 5.58 Å². The van der Waals surface area contributed by atoms with E-state index < -0.39 is 23.9 Å². The van der Waals surface area contributed by atoms with E-state index in [0.717, 1.165) is 16.6 Å². The van der Waals surface area contributed by atoms with Gasteiger partial charge in [0.25, 0.3) is 5.91 Å². The lowest BCUT2D eigenvalue weighted by molar-refractivity contribution is -0.169. The molecule has 1 N–H and O–H groups in total. The third kappa shape index (κ3) is 6.39. The summed E-state index contributed by atoms with van der Waals surface area (Å²) in [6, 6.07) is 24.0. The fourth-order valence-corrected chi connectivity index (χ4v) is 5.47. The summed E-state index contributed by atoms with van der Waals surface area (Å²) in [7, 11) is 0. The topological polar surface area (TPSA) is 114 Å². The van der Waals surface area contributed by atoms with Crippen molar-refractivity contribution in [2.45, 2.75) is 57.6 Å². The predicted octanol–water partition coefficient (Wildman–Crippen LogP) is 5.24. The Hall–Kier alpha value is -4.70. The van der Waals surface area contributed by atoms with Gasteiger partial charge < -0.3 is 29.0 Å². The molecule has 10 nitrogen and oxygen atoms in total. The number of ether oxygens (including phenoxy) is 2. The maximum atomic E-state index is 13.7. The number of aromatic nitrogens is 1. The van der Waals surface area contributed by atoms with Crippen LogP contribution in [0.15, 0.2) is 83.3 Å². The van der Waals surface area contributed by atoms with Gasteiger partial charge in [-0.1, -0.05) is 42.5 Å². The smallest absolute Gasteiger partial charge is 0.410 e. The van der Waals surface area contributed by atoms with Crippen molar-refractivity contribution in [1.82, 2.24) is 14.8 Å². The highest BCUT2D eigenvalue weighted by molar-refractivity contribution is 5.95. The van der Waals surface area contributed by atoms with Crippen molar-refractivity contribution < 1.29 is 28.3 Å². The van der Waals surface area contributed by atoms with E-state index in [9.17, 15) is 14.4 Å². The van der Waals surface area contributed by atoms with Crippen LogP contribution in [0.5, 0.6) is 0 Å². The van der Waals surface area contributed by atoms with Crippen molar-refractivity contribution in [2.75, 3.05) is 18.4 Å². The standard InChI is InChI=1S/C33H34N4O6/c1-33(2,3)43-32(40)36-19-25-28(20-36)41-27(31(39)37(25)18-21-9-5-4-6-10-21)17-29(38)34-23-15-13-22(14-16-23)30-35-24-11-7-8-12-26(24)42-30/h4-16,25,27-28H,17-20H2,1-3H3,(H,34,38). The Bertz CT molecular complexity index is 1600. The quantitative estimate of drug-likeness (QED) is 0.331. The number of anilines is 1. The molecule has 0 aliphatic carbocycles. The minimum absolute atomic E-state index is 0.160. The van der Waals surface area contributed by atoms with E-state index in [2.05, 4.69) is 10.3 Å². The van der Waals surface area contributed by atoms with Crippen molar-refractivity contribution in [3.63, 3.8) is 0 Å². The number of para-hydroxylation sites is 2. The Labute approximate surface area is 249 Å². The molecule has 0 radical (unpaired) electrons. The zero-order chi connectivity index (χ0) is 30.1. The van der Waals surface area contributed by atoms with Gasteiger partial charge in [0.1, 0.15) is 17.2 Å². The van der Waals surface area contributed by atoms with Crippen LogP contribution < -0.4 is 5.32 Å². The molecule has 0 spiro atoms. The Morgan fingerprint density at radius 2 is 1.70 bits per heavy atom. The molecule has 3 heterocycles. The van der Waals surface area contributed by atoms with Gasteiger partial charge in [0.2, 0.25) is 11.8 Å². The molecule has 222 valence electrons. The molecule has 6 rings (SSSR count). The lowest BCUT2D eigenvalue weighted by atomic mass is 10.0. The summed E-state index contributed by atoms with van der Waals surface area (Å²) >= 11 is 0. The number of likely N-dealkylation sites (tertiary alicyclic amines) is 1. The van der Waals surface area contributed by atoms with Gasteiger partial charge in [0, 0.05) is 24.3 Å². The second-order valence-electron chi connectivity index (χ2n) is 11.9. The van der Waals surface area contributed by atoms with Crippen molar-refractivity contribution in [3.05, 3.63) is 84.4 Å². The number of carbonyl (C=O) groups is 3. The first-order valence-electron chi connectivity index (χ1n) is 14.4. The zero-order valence-corrected chi connectivity index (χ0v) is 24.4. The SMILES string of the molecule is CC(C)(C)OC(=O)N1CC2OC(CC(=O)Nc3ccc(-c4nc5ccccc5o4)cc3)C(=O)N(Cc3ccccc3)C2C1. The lowest BCUT2D eigenvalue weighted by Crippen LogP contribution is -2.58. The van der Waals surface area contributed by atoms with Crippen molar-refractivity contribution in [1.29, 1.82) is 0 Å². The highest BCUT2D eigenvalue weighted by Gasteiger charge is 2.49.